The Bertz CT molecular complexity index is 708. The Morgan fingerprint density at radius 1 is 0.781 bits per heavy atom. The lowest BCUT2D eigenvalue weighted by molar-refractivity contribution is -0.159. The zero-order valence-electron chi connectivity index (χ0n) is 18.8. The Balaban J connectivity index is 1.29. The van der Waals surface area contributed by atoms with Gasteiger partial charge in [-0.25, -0.2) is 9.59 Å². The second-order valence-corrected chi connectivity index (χ2v) is 8.32. The second kappa shape index (κ2) is 10.5. The van der Waals surface area contributed by atoms with Gasteiger partial charge in [0.25, 0.3) is 0 Å². The Kier molecular flexibility index (Phi) is 7.94. The van der Waals surface area contributed by atoms with E-state index in [0.29, 0.717) is 24.7 Å². The van der Waals surface area contributed by atoms with Gasteiger partial charge in [-0.15, -0.1) is 0 Å². The molecule has 2 aliphatic heterocycles. The van der Waals surface area contributed by atoms with Gasteiger partial charge < -0.3 is 37.9 Å². The summed E-state index contributed by atoms with van der Waals surface area (Å²) in [5.74, 6) is -1.43. The Labute approximate surface area is 186 Å². The number of carbonyl (C=O) groups is 2. The van der Waals surface area contributed by atoms with Crippen LogP contribution in [0.5, 0.6) is 11.5 Å². The van der Waals surface area contributed by atoms with Crippen molar-refractivity contribution in [2.75, 3.05) is 39.6 Å². The van der Waals surface area contributed by atoms with E-state index in [1.165, 1.54) is 0 Å². The predicted molar refractivity (Wildman–Crippen MR) is 109 cm³/mol. The fraction of sp³-hybridized carbons (Fsp3) is 0.636. The molecule has 0 saturated carbocycles. The molecule has 10 nitrogen and oxygen atoms in total. The number of esters is 2. The van der Waals surface area contributed by atoms with Crippen molar-refractivity contribution in [1.29, 1.82) is 0 Å². The van der Waals surface area contributed by atoms with Crippen molar-refractivity contribution in [3.05, 3.63) is 24.3 Å². The number of hydrogen-bond donors (Lipinski definition) is 0. The zero-order valence-corrected chi connectivity index (χ0v) is 18.8. The van der Waals surface area contributed by atoms with Gasteiger partial charge in [0.15, 0.2) is 24.8 Å². The molecule has 10 heteroatoms. The van der Waals surface area contributed by atoms with Crippen molar-refractivity contribution in [2.45, 2.75) is 51.5 Å². The molecule has 2 fully saturated rings. The van der Waals surface area contributed by atoms with Gasteiger partial charge in [0.05, 0.1) is 13.2 Å². The maximum atomic E-state index is 11.8. The quantitative estimate of drug-likeness (QED) is 0.486. The second-order valence-electron chi connectivity index (χ2n) is 8.32. The molecule has 0 bridgehead atoms. The van der Waals surface area contributed by atoms with Gasteiger partial charge in [-0.05, 0) is 52.0 Å². The summed E-state index contributed by atoms with van der Waals surface area (Å²) in [6.45, 7) is 7.67. The average Bonchev–Trinajstić information content (AvgIpc) is 3.28. The molecule has 0 aromatic heterocycles. The Morgan fingerprint density at radius 3 is 1.47 bits per heavy atom. The molecule has 0 N–H and O–H groups in total. The number of rotatable bonds is 10. The van der Waals surface area contributed by atoms with Gasteiger partial charge in [-0.2, -0.15) is 0 Å². The average molecular weight is 454 g/mol. The molecule has 1 aromatic rings. The molecule has 3 rings (SSSR count). The predicted octanol–water partition coefficient (Wildman–Crippen LogP) is 1.83. The summed E-state index contributed by atoms with van der Waals surface area (Å²) in [7, 11) is 0. The highest BCUT2D eigenvalue weighted by molar-refractivity contribution is 5.71. The van der Waals surface area contributed by atoms with Crippen LogP contribution in [0.2, 0.25) is 0 Å². The number of carbonyl (C=O) groups excluding carboxylic acids is 2. The van der Waals surface area contributed by atoms with Crippen LogP contribution in [0.3, 0.4) is 0 Å². The molecule has 0 radical (unpaired) electrons. The highest BCUT2D eigenvalue weighted by Crippen LogP contribution is 2.23. The molecule has 0 spiro atoms. The van der Waals surface area contributed by atoms with Crippen LogP contribution < -0.4 is 9.47 Å². The fourth-order valence-corrected chi connectivity index (χ4v) is 3.06. The zero-order chi connectivity index (χ0) is 23.2. The van der Waals surface area contributed by atoms with E-state index >= 15 is 0 Å². The molecule has 2 heterocycles. The lowest BCUT2D eigenvalue weighted by atomic mass is 10.3. The standard InChI is InChI=1S/C22H30O10/c1-21(2)29-11-17(31-21)9-27-19(23)13-25-15-5-7-16(8-6-15)26-14-20(24)28-10-18-12-30-22(3,4)32-18/h5-8,17-18H,9-14H2,1-4H3. The molecule has 1 aromatic carbocycles. The SMILES string of the molecule is CC1(C)OCC(COC(=O)COc2ccc(OCC(=O)OCC3COC(C)(C)O3)cc2)O1. The minimum absolute atomic E-state index is 0.103. The monoisotopic (exact) mass is 454 g/mol. The molecule has 2 aliphatic rings. The van der Waals surface area contributed by atoms with E-state index in [2.05, 4.69) is 0 Å². The summed E-state index contributed by atoms with van der Waals surface area (Å²) in [4.78, 5) is 23.7. The minimum Gasteiger partial charge on any atom is -0.482 e. The summed E-state index contributed by atoms with van der Waals surface area (Å²) in [6.07, 6.45) is -0.578. The molecule has 2 saturated heterocycles. The number of benzene rings is 1. The molecule has 178 valence electrons. The topological polar surface area (TPSA) is 108 Å². The molecule has 32 heavy (non-hydrogen) atoms. The van der Waals surface area contributed by atoms with E-state index < -0.39 is 23.5 Å². The fourth-order valence-electron chi connectivity index (χ4n) is 3.06. The van der Waals surface area contributed by atoms with Gasteiger partial charge in [0.1, 0.15) is 36.9 Å². The van der Waals surface area contributed by atoms with E-state index in [1.807, 2.05) is 0 Å². The smallest absolute Gasteiger partial charge is 0.344 e. The summed E-state index contributed by atoms with van der Waals surface area (Å²) in [5.41, 5.74) is 0. The third-order valence-electron chi connectivity index (χ3n) is 4.53. The summed E-state index contributed by atoms with van der Waals surface area (Å²) >= 11 is 0. The van der Waals surface area contributed by atoms with Crippen molar-refractivity contribution < 1.29 is 47.5 Å². The molecular weight excluding hydrogens is 424 g/mol. The summed E-state index contributed by atoms with van der Waals surface area (Å²) in [6, 6.07) is 6.48. The van der Waals surface area contributed by atoms with E-state index in [4.69, 9.17) is 37.9 Å². The maximum Gasteiger partial charge on any atom is 0.344 e. The van der Waals surface area contributed by atoms with E-state index in [-0.39, 0.29) is 38.6 Å². The van der Waals surface area contributed by atoms with Crippen molar-refractivity contribution in [3.63, 3.8) is 0 Å². The molecule has 0 aliphatic carbocycles. The van der Waals surface area contributed by atoms with E-state index in [1.54, 1.807) is 52.0 Å². The van der Waals surface area contributed by atoms with Gasteiger partial charge in [-0.1, -0.05) is 0 Å². The van der Waals surface area contributed by atoms with Crippen molar-refractivity contribution in [3.8, 4) is 11.5 Å². The Morgan fingerprint density at radius 2 is 1.16 bits per heavy atom. The van der Waals surface area contributed by atoms with Gasteiger partial charge in [0.2, 0.25) is 0 Å². The van der Waals surface area contributed by atoms with Gasteiger partial charge in [0, 0.05) is 0 Å². The highest BCUT2D eigenvalue weighted by Gasteiger charge is 2.34. The highest BCUT2D eigenvalue weighted by atomic mass is 16.8. The Hall–Kier alpha value is -2.40. The third-order valence-corrected chi connectivity index (χ3v) is 4.53. The first-order valence-corrected chi connectivity index (χ1v) is 10.4. The van der Waals surface area contributed by atoms with Crippen LogP contribution in [-0.4, -0.2) is 75.4 Å². The van der Waals surface area contributed by atoms with Gasteiger partial charge in [-0.3, -0.25) is 0 Å². The minimum atomic E-state index is -0.662. The van der Waals surface area contributed by atoms with Crippen molar-refractivity contribution >= 4 is 11.9 Å². The number of hydrogen-bond acceptors (Lipinski definition) is 10. The largest absolute Gasteiger partial charge is 0.482 e. The van der Waals surface area contributed by atoms with Crippen molar-refractivity contribution in [2.24, 2.45) is 0 Å². The van der Waals surface area contributed by atoms with Crippen LogP contribution >= 0.6 is 0 Å². The van der Waals surface area contributed by atoms with E-state index in [9.17, 15) is 9.59 Å². The van der Waals surface area contributed by atoms with Crippen LogP contribution in [0.25, 0.3) is 0 Å². The first kappa shape index (κ1) is 24.2. The first-order chi connectivity index (χ1) is 15.1. The summed E-state index contributed by atoms with van der Waals surface area (Å²) < 4.78 is 43.0. The lowest BCUT2D eigenvalue weighted by Gasteiger charge is -2.17. The maximum absolute atomic E-state index is 11.8. The van der Waals surface area contributed by atoms with Crippen LogP contribution in [0.4, 0.5) is 0 Å². The number of ether oxygens (including phenoxy) is 8. The van der Waals surface area contributed by atoms with Crippen molar-refractivity contribution in [1.82, 2.24) is 0 Å². The normalized spacial score (nSPS) is 23.5. The molecule has 0 amide bonds. The van der Waals surface area contributed by atoms with E-state index in [0.717, 1.165) is 0 Å². The molecular formula is C22H30O10. The molecule has 2 atom stereocenters. The lowest BCUT2D eigenvalue weighted by Crippen LogP contribution is -2.26. The third kappa shape index (κ3) is 7.94. The molecule has 2 unspecified atom stereocenters. The van der Waals surface area contributed by atoms with Gasteiger partial charge >= 0.3 is 11.9 Å². The van der Waals surface area contributed by atoms with Crippen LogP contribution in [-0.2, 0) is 38.0 Å². The first-order valence-electron chi connectivity index (χ1n) is 10.4. The summed E-state index contributed by atoms with van der Waals surface area (Å²) in [5, 5.41) is 0. The van der Waals surface area contributed by atoms with Crippen LogP contribution in [0, 0.1) is 0 Å². The van der Waals surface area contributed by atoms with Crippen LogP contribution in [0.15, 0.2) is 24.3 Å². The van der Waals surface area contributed by atoms with Crippen LogP contribution in [0.1, 0.15) is 27.7 Å².